The Morgan fingerprint density at radius 3 is 2.59 bits per heavy atom. The maximum absolute atomic E-state index is 12.0. The van der Waals surface area contributed by atoms with Crippen LogP contribution >= 0.6 is 0 Å². The minimum absolute atomic E-state index is 0.0688. The van der Waals surface area contributed by atoms with E-state index in [9.17, 15) is 9.90 Å². The Morgan fingerprint density at radius 2 is 1.88 bits per heavy atom. The number of Topliss-reactive ketones (excluding diaryl/α,β-unsaturated/α-hetero) is 1. The van der Waals surface area contributed by atoms with Crippen molar-refractivity contribution in [2.45, 2.75) is 13.3 Å². The molecule has 0 saturated carbocycles. The summed E-state index contributed by atoms with van der Waals surface area (Å²) in [7, 11) is 0. The molecule has 0 saturated heterocycles. The maximum Gasteiger partial charge on any atom is 0.167 e. The van der Waals surface area contributed by atoms with E-state index in [0.29, 0.717) is 12.0 Å². The Bertz CT molecular complexity index is 544. The third-order valence-corrected chi connectivity index (χ3v) is 2.62. The van der Waals surface area contributed by atoms with Crippen LogP contribution in [-0.2, 0) is 6.42 Å². The molecule has 0 aliphatic carbocycles. The van der Waals surface area contributed by atoms with Gasteiger partial charge in [0, 0.05) is 12.0 Å². The standard InChI is InChI=1S/C15H14O2/c1-11-4-2-6-13(8-11)15(17)10-12-5-3-7-14(16)9-12/h2-9,16H,10H2,1H3. The van der Waals surface area contributed by atoms with Crippen LogP contribution < -0.4 is 0 Å². The summed E-state index contributed by atoms with van der Waals surface area (Å²) in [6.45, 7) is 1.96. The highest BCUT2D eigenvalue weighted by Gasteiger charge is 2.07. The zero-order valence-corrected chi connectivity index (χ0v) is 9.68. The van der Waals surface area contributed by atoms with Gasteiger partial charge in [-0.05, 0) is 30.7 Å². The van der Waals surface area contributed by atoms with E-state index in [-0.39, 0.29) is 11.5 Å². The number of aromatic hydroxyl groups is 1. The molecule has 1 N–H and O–H groups in total. The summed E-state index contributed by atoms with van der Waals surface area (Å²) in [6, 6.07) is 14.3. The van der Waals surface area contributed by atoms with Crippen molar-refractivity contribution >= 4 is 5.78 Å². The van der Waals surface area contributed by atoms with Crippen molar-refractivity contribution in [1.82, 2.24) is 0 Å². The predicted molar refractivity (Wildman–Crippen MR) is 67.3 cm³/mol. The molecule has 0 spiro atoms. The van der Waals surface area contributed by atoms with Gasteiger partial charge in [-0.25, -0.2) is 0 Å². The van der Waals surface area contributed by atoms with Gasteiger partial charge in [0.1, 0.15) is 5.75 Å². The van der Waals surface area contributed by atoms with Crippen molar-refractivity contribution in [3.05, 3.63) is 65.2 Å². The van der Waals surface area contributed by atoms with Crippen molar-refractivity contribution in [2.75, 3.05) is 0 Å². The highest BCUT2D eigenvalue weighted by atomic mass is 16.3. The van der Waals surface area contributed by atoms with Gasteiger partial charge in [-0.15, -0.1) is 0 Å². The smallest absolute Gasteiger partial charge is 0.167 e. The number of ketones is 1. The third-order valence-electron chi connectivity index (χ3n) is 2.62. The largest absolute Gasteiger partial charge is 0.508 e. The lowest BCUT2D eigenvalue weighted by molar-refractivity contribution is 0.0993. The molecule has 0 aliphatic rings. The number of phenols is 1. The molecule has 2 heteroatoms. The fourth-order valence-corrected chi connectivity index (χ4v) is 1.77. The number of hydrogen-bond donors (Lipinski definition) is 1. The SMILES string of the molecule is Cc1cccc(C(=O)Cc2cccc(O)c2)c1. The number of aryl methyl sites for hydroxylation is 1. The highest BCUT2D eigenvalue weighted by Crippen LogP contribution is 2.14. The number of hydrogen-bond acceptors (Lipinski definition) is 2. The molecule has 2 aromatic rings. The van der Waals surface area contributed by atoms with E-state index in [2.05, 4.69) is 0 Å². The van der Waals surface area contributed by atoms with E-state index in [0.717, 1.165) is 11.1 Å². The topological polar surface area (TPSA) is 37.3 Å². The Labute approximate surface area is 101 Å². The van der Waals surface area contributed by atoms with Crippen LogP contribution in [0, 0.1) is 6.92 Å². The number of rotatable bonds is 3. The van der Waals surface area contributed by atoms with Gasteiger partial charge in [-0.1, -0.05) is 35.9 Å². The first-order valence-corrected chi connectivity index (χ1v) is 5.53. The third kappa shape index (κ3) is 2.94. The first-order chi connectivity index (χ1) is 8.15. The van der Waals surface area contributed by atoms with Gasteiger partial charge in [0.25, 0.3) is 0 Å². The van der Waals surface area contributed by atoms with E-state index in [4.69, 9.17) is 0 Å². The van der Waals surface area contributed by atoms with Crippen molar-refractivity contribution < 1.29 is 9.90 Å². The lowest BCUT2D eigenvalue weighted by Crippen LogP contribution is -2.03. The van der Waals surface area contributed by atoms with Gasteiger partial charge >= 0.3 is 0 Å². The average Bonchev–Trinajstić information content (AvgIpc) is 2.29. The Kier molecular flexibility index (Phi) is 3.24. The molecule has 0 aliphatic heterocycles. The van der Waals surface area contributed by atoms with Gasteiger partial charge in [0.15, 0.2) is 5.78 Å². The summed E-state index contributed by atoms with van der Waals surface area (Å²) in [5, 5.41) is 9.33. The predicted octanol–water partition coefficient (Wildman–Crippen LogP) is 3.13. The maximum atomic E-state index is 12.0. The molecule has 0 atom stereocenters. The van der Waals surface area contributed by atoms with E-state index >= 15 is 0 Å². The molecule has 2 aromatic carbocycles. The summed E-state index contributed by atoms with van der Waals surface area (Å²) in [5.41, 5.74) is 2.62. The molecule has 17 heavy (non-hydrogen) atoms. The molecule has 86 valence electrons. The highest BCUT2D eigenvalue weighted by molar-refractivity contribution is 5.97. The Balaban J connectivity index is 2.17. The van der Waals surface area contributed by atoms with Crippen molar-refractivity contribution in [1.29, 1.82) is 0 Å². The van der Waals surface area contributed by atoms with E-state index in [1.807, 2.05) is 37.3 Å². The van der Waals surface area contributed by atoms with Crippen LogP contribution in [0.2, 0.25) is 0 Å². The Hall–Kier alpha value is -2.09. The van der Waals surface area contributed by atoms with Crippen LogP contribution in [0.25, 0.3) is 0 Å². The fourth-order valence-electron chi connectivity index (χ4n) is 1.77. The van der Waals surface area contributed by atoms with Crippen LogP contribution in [0.4, 0.5) is 0 Å². The van der Waals surface area contributed by atoms with E-state index in [1.165, 1.54) is 0 Å². The second kappa shape index (κ2) is 4.83. The fraction of sp³-hybridized carbons (Fsp3) is 0.133. The molecule has 0 aromatic heterocycles. The van der Waals surface area contributed by atoms with Gasteiger partial charge in [-0.2, -0.15) is 0 Å². The van der Waals surface area contributed by atoms with Crippen LogP contribution in [0.15, 0.2) is 48.5 Å². The molecule has 0 amide bonds. The molecule has 0 heterocycles. The molecular weight excluding hydrogens is 212 g/mol. The van der Waals surface area contributed by atoms with Crippen molar-refractivity contribution in [3.63, 3.8) is 0 Å². The number of carbonyl (C=O) groups excluding carboxylic acids is 1. The monoisotopic (exact) mass is 226 g/mol. The molecule has 2 nitrogen and oxygen atoms in total. The average molecular weight is 226 g/mol. The lowest BCUT2D eigenvalue weighted by atomic mass is 10.0. The summed E-state index contributed by atoms with van der Waals surface area (Å²) in [6.07, 6.45) is 0.317. The van der Waals surface area contributed by atoms with Crippen molar-refractivity contribution in [2.24, 2.45) is 0 Å². The quantitative estimate of drug-likeness (QED) is 0.816. The minimum Gasteiger partial charge on any atom is -0.508 e. The van der Waals surface area contributed by atoms with E-state index in [1.54, 1.807) is 18.2 Å². The first kappa shape index (κ1) is 11.4. The number of carbonyl (C=O) groups is 1. The summed E-state index contributed by atoms with van der Waals surface area (Å²) < 4.78 is 0. The van der Waals surface area contributed by atoms with Gasteiger partial charge in [0.05, 0.1) is 0 Å². The first-order valence-electron chi connectivity index (χ1n) is 5.53. The van der Waals surface area contributed by atoms with Crippen LogP contribution in [0.3, 0.4) is 0 Å². The molecule has 0 fully saturated rings. The summed E-state index contributed by atoms with van der Waals surface area (Å²) in [5.74, 6) is 0.263. The second-order valence-corrected chi connectivity index (χ2v) is 4.14. The number of phenolic OH excluding ortho intramolecular Hbond substituents is 1. The lowest BCUT2D eigenvalue weighted by Gasteiger charge is -2.03. The summed E-state index contributed by atoms with van der Waals surface area (Å²) in [4.78, 5) is 12.0. The zero-order valence-electron chi connectivity index (χ0n) is 9.68. The Morgan fingerprint density at radius 1 is 1.12 bits per heavy atom. The zero-order chi connectivity index (χ0) is 12.3. The summed E-state index contributed by atoms with van der Waals surface area (Å²) >= 11 is 0. The van der Waals surface area contributed by atoms with Gasteiger partial charge in [0.2, 0.25) is 0 Å². The minimum atomic E-state index is 0.0688. The van der Waals surface area contributed by atoms with Crippen LogP contribution in [0.5, 0.6) is 5.75 Å². The van der Waals surface area contributed by atoms with Crippen LogP contribution in [-0.4, -0.2) is 10.9 Å². The number of benzene rings is 2. The molecule has 2 rings (SSSR count). The van der Waals surface area contributed by atoms with E-state index < -0.39 is 0 Å². The van der Waals surface area contributed by atoms with Crippen LogP contribution in [0.1, 0.15) is 21.5 Å². The molecule has 0 unspecified atom stereocenters. The molecular formula is C15H14O2. The normalized spacial score (nSPS) is 10.2. The second-order valence-electron chi connectivity index (χ2n) is 4.14. The molecule has 0 bridgehead atoms. The van der Waals surface area contributed by atoms with Gasteiger partial charge in [-0.3, -0.25) is 4.79 Å². The van der Waals surface area contributed by atoms with Gasteiger partial charge < -0.3 is 5.11 Å². The molecule has 0 radical (unpaired) electrons. The van der Waals surface area contributed by atoms with Crippen molar-refractivity contribution in [3.8, 4) is 5.75 Å².